The normalized spacial score (nSPS) is 32.6. The van der Waals surface area contributed by atoms with Gasteiger partial charge in [-0.3, -0.25) is 28.3 Å². The Hall–Kier alpha value is -2.18. The van der Waals surface area contributed by atoms with Gasteiger partial charge in [-0.1, -0.05) is 17.2 Å². The molecule has 21 heteroatoms. The van der Waals surface area contributed by atoms with Crippen LogP contribution >= 0.6 is 25.8 Å². The molecule has 2 aliphatic rings. The van der Waals surface area contributed by atoms with Gasteiger partial charge in [-0.2, -0.15) is 0 Å². The van der Waals surface area contributed by atoms with Gasteiger partial charge in [-0.15, -0.1) is 0 Å². The van der Waals surface area contributed by atoms with Crippen LogP contribution in [0.3, 0.4) is 0 Å². The summed E-state index contributed by atoms with van der Waals surface area (Å²) in [5, 5.41) is 0. The first kappa shape index (κ1) is 27.0. The van der Waals surface area contributed by atoms with E-state index in [1.165, 1.54) is 23.4 Å². The van der Waals surface area contributed by atoms with Crippen LogP contribution in [0.2, 0.25) is 0 Å². The van der Waals surface area contributed by atoms with E-state index in [4.69, 9.17) is 34.6 Å². The number of ether oxygens (including phenoxy) is 1. The van der Waals surface area contributed by atoms with Crippen LogP contribution < -0.4 is 10.1 Å². The van der Waals surface area contributed by atoms with Crippen LogP contribution in [0.1, 0.15) is 12.1 Å². The molecule has 6 heterocycles. The van der Waals surface area contributed by atoms with Crippen LogP contribution in [-0.4, -0.2) is 71.0 Å². The lowest BCUT2D eigenvalue weighted by Gasteiger charge is -2.23. The quantitative estimate of drug-likeness (QED) is 0.133. The third kappa shape index (κ3) is 5.31. The standard InChI is InChI=1S/C18H19FN8O8P2S2/c19-12-10-4-32-36(29,38)31-2-1-26-11(25-9-3-20-6-21-15(9)26)5-33-37(30,39)35-14(12)18(34-10)27-8-24-13-16(27)22-7-23-17(13)28/h3,6-8,10,12,14,18H,1-2,4-5H2,(H3,22,23,28,29,30,38,39)/p+1/t10-,12-,14-,18-,36?,37?/m1/s1. The molecule has 1 fully saturated rings. The molecule has 4 aromatic heterocycles. The Bertz CT molecular complexity index is 1700. The average molecular weight is 621 g/mol. The van der Waals surface area contributed by atoms with Gasteiger partial charge in [-0.05, 0) is 11.8 Å². The Kier molecular flexibility index (Phi) is 7.16. The smallest absolute Gasteiger partial charge is 0.334 e. The van der Waals surface area contributed by atoms with E-state index in [9.17, 15) is 14.3 Å². The van der Waals surface area contributed by atoms with E-state index in [0.717, 1.165) is 6.33 Å². The minimum Gasteiger partial charge on any atom is -0.334 e. The molecule has 2 unspecified atom stereocenters. The minimum atomic E-state index is -4.12. The lowest BCUT2D eigenvalue weighted by atomic mass is 10.1. The molecule has 3 N–H and O–H groups in total. The van der Waals surface area contributed by atoms with Crippen LogP contribution in [0.25, 0.3) is 22.3 Å². The largest absolute Gasteiger partial charge is 0.386 e. The number of halogens is 1. The maximum absolute atomic E-state index is 15.8. The fourth-order valence-corrected chi connectivity index (χ4v) is 6.81. The molecule has 0 radical (unpaired) electrons. The van der Waals surface area contributed by atoms with Gasteiger partial charge in [0.15, 0.2) is 30.6 Å². The summed E-state index contributed by atoms with van der Waals surface area (Å²) in [6, 6.07) is 0. The van der Waals surface area contributed by atoms with Crippen molar-refractivity contribution in [1.29, 1.82) is 0 Å². The van der Waals surface area contributed by atoms with E-state index in [1.807, 2.05) is 0 Å². The molecule has 2 aliphatic heterocycles. The number of imidazole rings is 2. The van der Waals surface area contributed by atoms with Crippen molar-refractivity contribution in [3.05, 3.63) is 41.4 Å². The number of fused-ring (bicyclic) bond motifs is 6. The van der Waals surface area contributed by atoms with Crippen molar-refractivity contribution in [2.75, 3.05) is 13.2 Å². The number of aromatic nitrogens is 8. The van der Waals surface area contributed by atoms with E-state index in [0.29, 0.717) is 11.2 Å². The predicted molar refractivity (Wildman–Crippen MR) is 136 cm³/mol. The van der Waals surface area contributed by atoms with Crippen LogP contribution in [0, 0.1) is 0 Å². The second-order valence-corrected chi connectivity index (χ2v) is 14.2. The number of hydrogen-bond acceptors (Lipinski definition) is 12. The minimum absolute atomic E-state index is 0.0899. The number of H-pyrrole nitrogens is 2. The van der Waals surface area contributed by atoms with Gasteiger partial charge in [0.2, 0.25) is 11.7 Å². The second-order valence-electron chi connectivity index (χ2n) is 8.44. The zero-order valence-electron chi connectivity index (χ0n) is 19.6. The van der Waals surface area contributed by atoms with Crippen LogP contribution in [0.4, 0.5) is 4.39 Å². The molecule has 0 aliphatic carbocycles. The van der Waals surface area contributed by atoms with Crippen molar-refractivity contribution in [2.45, 2.75) is 37.8 Å². The Morgan fingerprint density at radius 2 is 2.13 bits per heavy atom. The molecular formula is C18H20FN8O8P2S2+. The summed E-state index contributed by atoms with van der Waals surface area (Å²) >= 11 is 9.19. The predicted octanol–water partition coefficient (Wildman–Crippen LogP) is 0.817. The molecule has 6 rings (SSSR count). The lowest BCUT2D eigenvalue weighted by molar-refractivity contribution is -0.744. The van der Waals surface area contributed by atoms with Crippen LogP contribution in [0.15, 0.2) is 30.0 Å². The summed E-state index contributed by atoms with van der Waals surface area (Å²) in [4.78, 5) is 44.9. The highest BCUT2D eigenvalue weighted by Gasteiger charge is 2.52. The van der Waals surface area contributed by atoms with E-state index in [1.54, 1.807) is 4.57 Å². The molecule has 208 valence electrons. The van der Waals surface area contributed by atoms with Crippen LogP contribution in [0.5, 0.6) is 0 Å². The Morgan fingerprint density at radius 3 is 2.97 bits per heavy atom. The number of nitrogens with zero attached hydrogens (tertiary/aromatic N) is 6. The van der Waals surface area contributed by atoms with Crippen LogP contribution in [-0.2, 0) is 52.4 Å². The molecule has 6 atom stereocenters. The fraction of sp³-hybridized carbons (Fsp3) is 0.444. The highest BCUT2D eigenvalue weighted by molar-refractivity contribution is 8.44. The zero-order chi connectivity index (χ0) is 27.4. The molecule has 4 aromatic rings. The number of alkyl halides is 1. The van der Waals surface area contributed by atoms with Gasteiger partial charge in [-0.25, -0.2) is 28.5 Å². The first-order chi connectivity index (χ1) is 18.6. The van der Waals surface area contributed by atoms with Crippen molar-refractivity contribution in [2.24, 2.45) is 0 Å². The molecule has 0 amide bonds. The molecular weight excluding hydrogens is 601 g/mol. The zero-order valence-corrected chi connectivity index (χ0v) is 23.1. The topological polar surface area (TPSA) is 192 Å². The maximum Gasteiger partial charge on any atom is 0.386 e. The summed E-state index contributed by atoms with van der Waals surface area (Å²) < 4.78 is 59.2. The Morgan fingerprint density at radius 1 is 1.28 bits per heavy atom. The maximum atomic E-state index is 15.8. The summed E-state index contributed by atoms with van der Waals surface area (Å²) in [5.74, 6) is 0.272. The summed E-state index contributed by atoms with van der Waals surface area (Å²) in [7, 11) is 0. The number of nitrogens with one attached hydrogen (secondary N) is 2. The van der Waals surface area contributed by atoms with Crippen molar-refractivity contribution >= 4 is 59.9 Å². The first-order valence-electron chi connectivity index (χ1n) is 11.3. The highest BCUT2D eigenvalue weighted by atomic mass is 32.7. The van der Waals surface area contributed by atoms with Gasteiger partial charge >= 0.3 is 19.2 Å². The van der Waals surface area contributed by atoms with Crippen molar-refractivity contribution in [3.8, 4) is 0 Å². The number of thiol groups is 1. The molecule has 0 aromatic carbocycles. The van der Waals surface area contributed by atoms with Crippen molar-refractivity contribution in [3.63, 3.8) is 0 Å². The molecule has 0 spiro atoms. The SMILES string of the molecule is O=c1[nH]cnc2c1[nH]c[n+]2[C@@H]1O[C@@H]2COP(=O)(S)OCCn3c(nc4cncnc43)COP(O)(=S)O[C@@H]1[C@@H]2F. The van der Waals surface area contributed by atoms with Gasteiger partial charge < -0.3 is 18.7 Å². The molecule has 2 bridgehead atoms. The number of hydrogen-bond donors (Lipinski definition) is 4. The summed E-state index contributed by atoms with van der Waals surface area (Å²) in [6.45, 7) is -9.00. The van der Waals surface area contributed by atoms with Gasteiger partial charge in [0.05, 0.1) is 19.4 Å². The fourth-order valence-electron chi connectivity index (χ4n) is 4.32. The summed E-state index contributed by atoms with van der Waals surface area (Å²) in [6.07, 6.45) is -0.839. The second kappa shape index (κ2) is 10.3. The monoisotopic (exact) mass is 621 g/mol. The van der Waals surface area contributed by atoms with E-state index >= 15 is 4.39 Å². The van der Waals surface area contributed by atoms with E-state index in [-0.39, 0.29) is 36.7 Å². The third-order valence-electron chi connectivity index (χ3n) is 6.04. The van der Waals surface area contributed by atoms with Crippen molar-refractivity contribution < 1.29 is 41.2 Å². The average Bonchev–Trinajstić information content (AvgIpc) is 3.56. The van der Waals surface area contributed by atoms with E-state index < -0.39 is 50.3 Å². The lowest BCUT2D eigenvalue weighted by Crippen LogP contribution is -2.46. The Labute approximate surface area is 227 Å². The Balaban J connectivity index is 1.37. The van der Waals surface area contributed by atoms with Gasteiger partial charge in [0.25, 0.3) is 5.56 Å². The van der Waals surface area contributed by atoms with E-state index in [2.05, 4.69) is 42.2 Å². The third-order valence-corrected chi connectivity index (χ3v) is 9.25. The number of rotatable bonds is 1. The van der Waals surface area contributed by atoms with Gasteiger partial charge in [0.1, 0.15) is 30.4 Å². The molecule has 16 nitrogen and oxygen atoms in total. The van der Waals surface area contributed by atoms with Gasteiger partial charge in [0, 0.05) is 6.54 Å². The van der Waals surface area contributed by atoms with Crippen molar-refractivity contribution in [1.82, 2.24) is 34.5 Å². The highest BCUT2D eigenvalue weighted by Crippen LogP contribution is 2.54. The molecule has 39 heavy (non-hydrogen) atoms. The summed E-state index contributed by atoms with van der Waals surface area (Å²) in [5.41, 5.74) is 0.575. The first-order valence-corrected chi connectivity index (χ1v) is 16.6. The molecule has 1 saturated heterocycles. The number of aromatic amines is 2. The molecule has 0 saturated carbocycles.